The first kappa shape index (κ1) is 47.8. The Morgan fingerprint density at radius 3 is 2.23 bits per heavy atom. The highest BCUT2D eigenvalue weighted by molar-refractivity contribution is 6.06. The number of rotatable bonds is 7. The van der Waals surface area contributed by atoms with Crippen LogP contribution in [0.4, 0.5) is 0 Å². The standard InChI is InChI=1S/C44H73NO11/c1-10-14-32-16-18-34(46)31(6)40(29(4)24-33-17-19-35(47)36(26-33)52-7)55-39(48)15-12-11-13-20-45-42(49)44(51)30(5)25-38(54-9)41(56-43(44)50)37(53-8)23-28(3)21-27(2)22-32/h10,22,24,28,30-38,40-41,46-47,51H,1,11-21,23,25-26H2,2-9H3,(H,45,49). The Kier molecular flexibility index (Phi) is 19.7. The minimum atomic E-state index is -2.41. The molecule has 2 heterocycles. The molecule has 2 fully saturated rings. The number of carbonyl (C=O) groups is 3. The van der Waals surface area contributed by atoms with Gasteiger partial charge in [-0.15, -0.1) is 6.58 Å². The van der Waals surface area contributed by atoms with Gasteiger partial charge >= 0.3 is 11.9 Å². The number of fused-ring (bicyclic) bond motifs is 3. The number of hydrogen-bond donors (Lipinski definition) is 4. The second-order valence-corrected chi connectivity index (χ2v) is 17.0. The van der Waals surface area contributed by atoms with Gasteiger partial charge in [-0.25, -0.2) is 4.79 Å². The molecule has 320 valence electrons. The second-order valence-electron chi connectivity index (χ2n) is 17.0. The SMILES string of the molecule is C=CCC1C=C(C)CC(C)CC(OC)C2OC(=O)C(O)(C(=O)NCCCCCC(=O)OC(C(C)=CC3CCC(O)C(OC)C3)C(C)C(O)CC1)C(C)CC2OC. The first-order valence-corrected chi connectivity index (χ1v) is 20.9. The lowest BCUT2D eigenvalue weighted by Crippen LogP contribution is -2.57. The van der Waals surface area contributed by atoms with Gasteiger partial charge in [0.25, 0.3) is 5.91 Å². The molecule has 1 saturated carbocycles. The fourth-order valence-corrected chi connectivity index (χ4v) is 8.94. The van der Waals surface area contributed by atoms with Crippen LogP contribution >= 0.6 is 0 Å². The maximum Gasteiger partial charge on any atom is 0.348 e. The summed E-state index contributed by atoms with van der Waals surface area (Å²) in [6.45, 7) is 13.9. The van der Waals surface area contributed by atoms with Gasteiger partial charge in [-0.05, 0) is 108 Å². The van der Waals surface area contributed by atoms with Crippen molar-refractivity contribution in [1.29, 1.82) is 0 Å². The van der Waals surface area contributed by atoms with Crippen molar-refractivity contribution >= 4 is 17.8 Å². The number of hydrogen-bond acceptors (Lipinski definition) is 11. The zero-order valence-electron chi connectivity index (χ0n) is 35.4. The molecular weight excluding hydrogens is 718 g/mol. The van der Waals surface area contributed by atoms with Crippen molar-refractivity contribution in [2.45, 2.75) is 166 Å². The predicted molar refractivity (Wildman–Crippen MR) is 214 cm³/mol. The van der Waals surface area contributed by atoms with Gasteiger partial charge in [0.2, 0.25) is 5.60 Å². The van der Waals surface area contributed by atoms with Crippen LogP contribution in [0.3, 0.4) is 0 Å². The summed E-state index contributed by atoms with van der Waals surface area (Å²) in [4.78, 5) is 40.4. The number of allylic oxidation sites excluding steroid dienone is 4. The minimum absolute atomic E-state index is 0.122. The summed E-state index contributed by atoms with van der Waals surface area (Å²) in [7, 11) is 4.70. The number of methoxy groups -OCH3 is 3. The van der Waals surface area contributed by atoms with Gasteiger partial charge in [-0.2, -0.15) is 0 Å². The molecule has 1 saturated heterocycles. The fourth-order valence-electron chi connectivity index (χ4n) is 8.94. The maximum atomic E-state index is 13.6. The van der Waals surface area contributed by atoms with Crippen LogP contribution in [0, 0.1) is 29.6 Å². The van der Waals surface area contributed by atoms with Crippen molar-refractivity contribution in [3.8, 4) is 0 Å². The first-order chi connectivity index (χ1) is 26.6. The van der Waals surface area contributed by atoms with Crippen molar-refractivity contribution in [3.63, 3.8) is 0 Å². The molecule has 56 heavy (non-hydrogen) atoms. The third kappa shape index (κ3) is 13.2. The summed E-state index contributed by atoms with van der Waals surface area (Å²) in [5.74, 6) is -2.98. The van der Waals surface area contributed by atoms with Crippen molar-refractivity contribution < 1.29 is 53.4 Å². The lowest BCUT2D eigenvalue weighted by molar-refractivity contribution is -0.186. The number of ether oxygens (including phenoxy) is 5. The topological polar surface area (TPSA) is 170 Å². The normalized spacial score (nSPS) is 38.5. The zero-order valence-corrected chi connectivity index (χ0v) is 35.4. The Morgan fingerprint density at radius 2 is 1.57 bits per heavy atom. The molecule has 3 rings (SSSR count). The van der Waals surface area contributed by atoms with E-state index in [-0.39, 0.29) is 55.1 Å². The van der Waals surface area contributed by atoms with Crippen LogP contribution < -0.4 is 5.32 Å². The summed E-state index contributed by atoms with van der Waals surface area (Å²) in [6, 6.07) is 0. The number of amides is 1. The lowest BCUT2D eigenvalue weighted by atomic mass is 9.82. The van der Waals surface area contributed by atoms with Crippen molar-refractivity contribution in [2.75, 3.05) is 27.9 Å². The van der Waals surface area contributed by atoms with E-state index in [0.717, 1.165) is 24.8 Å². The largest absolute Gasteiger partial charge is 0.457 e. The monoisotopic (exact) mass is 792 g/mol. The Bertz CT molecular complexity index is 1330. The third-order valence-corrected chi connectivity index (χ3v) is 12.4. The quantitative estimate of drug-likeness (QED) is 0.141. The van der Waals surface area contributed by atoms with Gasteiger partial charge in [-0.1, -0.05) is 51.0 Å². The van der Waals surface area contributed by atoms with Crippen LogP contribution in [0.2, 0.25) is 0 Å². The highest BCUT2D eigenvalue weighted by Crippen LogP contribution is 2.36. The van der Waals surface area contributed by atoms with Gasteiger partial charge in [0.1, 0.15) is 6.10 Å². The van der Waals surface area contributed by atoms with E-state index in [1.165, 1.54) is 12.7 Å². The van der Waals surface area contributed by atoms with Crippen LogP contribution in [0.5, 0.6) is 0 Å². The predicted octanol–water partition coefficient (Wildman–Crippen LogP) is 5.76. The zero-order chi connectivity index (χ0) is 41.6. The average molecular weight is 792 g/mol. The number of esters is 2. The number of nitrogens with one attached hydrogen (secondary N) is 1. The number of aliphatic hydroxyl groups is 3. The van der Waals surface area contributed by atoms with E-state index in [1.54, 1.807) is 21.1 Å². The Morgan fingerprint density at radius 1 is 0.911 bits per heavy atom. The molecule has 12 nitrogen and oxygen atoms in total. The Balaban J connectivity index is 1.89. The Labute approximate surface area is 335 Å². The molecule has 12 heteroatoms. The molecule has 0 aromatic heterocycles. The van der Waals surface area contributed by atoms with E-state index >= 15 is 0 Å². The van der Waals surface area contributed by atoms with Crippen LogP contribution in [-0.4, -0.2) is 109 Å². The summed E-state index contributed by atoms with van der Waals surface area (Å²) in [6.07, 6.45) is 9.43. The molecule has 0 spiro atoms. The number of aliphatic hydroxyl groups excluding tert-OH is 2. The molecule has 13 atom stereocenters. The van der Waals surface area contributed by atoms with Crippen LogP contribution in [0.1, 0.15) is 118 Å². The molecule has 1 amide bonds. The van der Waals surface area contributed by atoms with Gasteiger partial charge in [0.05, 0.1) is 30.5 Å². The molecule has 3 aliphatic rings. The van der Waals surface area contributed by atoms with E-state index < -0.39 is 60.0 Å². The molecule has 2 bridgehead atoms. The number of cyclic esters (lactones) is 1. The van der Waals surface area contributed by atoms with Gasteiger partial charge in [-0.3, -0.25) is 9.59 Å². The fraction of sp³-hybridized carbons (Fsp3) is 0.795. The molecule has 0 aromatic rings. The molecule has 2 aliphatic heterocycles. The first-order valence-electron chi connectivity index (χ1n) is 20.9. The summed E-state index contributed by atoms with van der Waals surface area (Å²) in [5.41, 5.74) is -0.366. The van der Waals surface area contributed by atoms with Crippen molar-refractivity contribution in [1.82, 2.24) is 5.32 Å². The highest BCUT2D eigenvalue weighted by Gasteiger charge is 2.55. The number of carbonyl (C=O) groups excluding carboxylic acids is 3. The molecule has 0 aromatic carbocycles. The van der Waals surface area contributed by atoms with Crippen molar-refractivity contribution in [3.05, 3.63) is 36.0 Å². The maximum absolute atomic E-state index is 13.6. The minimum Gasteiger partial charge on any atom is -0.457 e. The molecule has 13 unspecified atom stereocenters. The molecule has 4 N–H and O–H groups in total. The van der Waals surface area contributed by atoms with E-state index in [1.807, 2.05) is 19.9 Å². The van der Waals surface area contributed by atoms with E-state index in [0.29, 0.717) is 51.4 Å². The summed E-state index contributed by atoms with van der Waals surface area (Å²) < 4.78 is 29.3. The Hall–Kier alpha value is -2.61. The van der Waals surface area contributed by atoms with Crippen molar-refractivity contribution in [2.24, 2.45) is 29.6 Å². The second kappa shape index (κ2) is 23.1. The van der Waals surface area contributed by atoms with Gasteiger partial charge in [0, 0.05) is 46.1 Å². The van der Waals surface area contributed by atoms with E-state index in [9.17, 15) is 29.7 Å². The summed E-state index contributed by atoms with van der Waals surface area (Å²) in [5, 5.41) is 36.3. The van der Waals surface area contributed by atoms with Gasteiger partial charge in [0.15, 0.2) is 6.10 Å². The average Bonchev–Trinajstić information content (AvgIpc) is 3.26. The summed E-state index contributed by atoms with van der Waals surface area (Å²) >= 11 is 0. The van der Waals surface area contributed by atoms with E-state index in [4.69, 9.17) is 23.7 Å². The van der Waals surface area contributed by atoms with Crippen LogP contribution in [0.15, 0.2) is 36.0 Å². The van der Waals surface area contributed by atoms with E-state index in [2.05, 4.69) is 37.9 Å². The van der Waals surface area contributed by atoms with Gasteiger partial charge < -0.3 is 44.3 Å². The third-order valence-electron chi connectivity index (χ3n) is 12.4. The van der Waals surface area contributed by atoms with Crippen LogP contribution in [0.25, 0.3) is 0 Å². The smallest absolute Gasteiger partial charge is 0.348 e. The lowest BCUT2D eigenvalue weighted by Gasteiger charge is -2.33. The molecule has 1 aliphatic carbocycles. The molecule has 0 radical (unpaired) electrons. The highest BCUT2D eigenvalue weighted by atomic mass is 16.6. The van der Waals surface area contributed by atoms with Crippen LogP contribution in [-0.2, 0) is 38.1 Å². The molecular formula is C44H73NO11.